The van der Waals surface area contributed by atoms with Crippen molar-refractivity contribution in [2.24, 2.45) is 4.99 Å². The fraction of sp³-hybridized carbons (Fsp3) is 0.750. The zero-order valence-electron chi connectivity index (χ0n) is 17.9. The number of thiazole rings is 1. The topological polar surface area (TPSA) is 64.1 Å². The van der Waals surface area contributed by atoms with Gasteiger partial charge in [-0.25, -0.2) is 9.98 Å². The van der Waals surface area contributed by atoms with Gasteiger partial charge >= 0.3 is 0 Å². The molecule has 3 rings (SSSR count). The summed E-state index contributed by atoms with van der Waals surface area (Å²) in [6.45, 7) is 13.9. The Hall–Kier alpha value is -0.940. The molecule has 7 nitrogen and oxygen atoms in total. The molecule has 0 aliphatic carbocycles. The lowest BCUT2D eigenvalue weighted by Crippen LogP contribution is -2.54. The lowest BCUT2D eigenvalue weighted by atomic mass is 10.2. The highest BCUT2D eigenvalue weighted by Gasteiger charge is 2.24. The van der Waals surface area contributed by atoms with E-state index in [1.807, 2.05) is 4.90 Å². The van der Waals surface area contributed by atoms with Gasteiger partial charge in [-0.15, -0.1) is 35.3 Å². The molecule has 0 spiro atoms. The van der Waals surface area contributed by atoms with E-state index in [-0.39, 0.29) is 29.9 Å². The molecule has 1 N–H and O–H groups in total. The number of piperazine rings is 1. The van der Waals surface area contributed by atoms with Crippen molar-refractivity contribution in [2.75, 3.05) is 52.4 Å². The summed E-state index contributed by atoms with van der Waals surface area (Å²) in [6, 6.07) is 0. The standard InChI is InChI=1S/C20H34N6OS.HI/c1-4-21-20(22-13-17-15-28-19(23-17)16(2)3)26-11-9-24(10-12-26)14-18(27)25-7-5-6-8-25;/h15-16H,4-14H2,1-3H3,(H,21,22);1H. The summed E-state index contributed by atoms with van der Waals surface area (Å²) >= 11 is 1.72. The van der Waals surface area contributed by atoms with E-state index >= 15 is 0 Å². The van der Waals surface area contributed by atoms with E-state index in [1.54, 1.807) is 11.3 Å². The number of aliphatic imine (C=N–C) groups is 1. The van der Waals surface area contributed by atoms with Crippen LogP contribution in [0.5, 0.6) is 0 Å². The molecule has 0 aromatic carbocycles. The second-order valence-corrected chi connectivity index (χ2v) is 8.74. The Kier molecular flexibility index (Phi) is 10.1. The van der Waals surface area contributed by atoms with Crippen LogP contribution in [0.1, 0.15) is 50.2 Å². The fourth-order valence-electron chi connectivity index (χ4n) is 3.62. The number of carbonyl (C=O) groups excluding carboxylic acids is 1. The highest BCUT2D eigenvalue weighted by molar-refractivity contribution is 14.0. The van der Waals surface area contributed by atoms with Gasteiger partial charge in [-0.3, -0.25) is 9.69 Å². The average molecular weight is 535 g/mol. The molecule has 2 aliphatic heterocycles. The van der Waals surface area contributed by atoms with E-state index < -0.39 is 0 Å². The second-order valence-electron chi connectivity index (χ2n) is 7.85. The van der Waals surface area contributed by atoms with E-state index in [0.717, 1.165) is 70.3 Å². The third-order valence-electron chi connectivity index (χ3n) is 5.28. The Balaban J connectivity index is 0.00000300. The quantitative estimate of drug-likeness (QED) is 0.346. The Morgan fingerprint density at radius 2 is 1.86 bits per heavy atom. The maximum atomic E-state index is 12.4. The summed E-state index contributed by atoms with van der Waals surface area (Å²) < 4.78 is 0. The third kappa shape index (κ3) is 7.06. The SMILES string of the molecule is CCNC(=NCc1csc(C(C)C)n1)N1CCN(CC(=O)N2CCCC2)CC1.I. The van der Waals surface area contributed by atoms with Gasteiger partial charge in [0.1, 0.15) is 0 Å². The zero-order chi connectivity index (χ0) is 19.9. The van der Waals surface area contributed by atoms with Gasteiger partial charge in [-0.1, -0.05) is 13.8 Å². The number of aromatic nitrogens is 1. The Bertz CT molecular complexity index is 666. The highest BCUT2D eigenvalue weighted by Crippen LogP contribution is 2.19. The van der Waals surface area contributed by atoms with Crippen molar-refractivity contribution in [3.05, 3.63) is 16.1 Å². The van der Waals surface area contributed by atoms with E-state index in [9.17, 15) is 4.79 Å². The summed E-state index contributed by atoms with van der Waals surface area (Å²) in [4.78, 5) is 28.5. The monoisotopic (exact) mass is 534 g/mol. The maximum Gasteiger partial charge on any atom is 0.236 e. The molecule has 0 atom stereocenters. The third-order valence-corrected chi connectivity index (χ3v) is 6.47. The number of guanidine groups is 1. The second kappa shape index (κ2) is 12.0. The first-order chi connectivity index (χ1) is 13.6. The van der Waals surface area contributed by atoms with Crippen LogP contribution in [0.3, 0.4) is 0 Å². The molecule has 3 heterocycles. The largest absolute Gasteiger partial charge is 0.357 e. The number of amides is 1. The predicted octanol–water partition coefficient (Wildman–Crippen LogP) is 2.59. The summed E-state index contributed by atoms with van der Waals surface area (Å²) in [6.07, 6.45) is 2.30. The Labute approximate surface area is 196 Å². The van der Waals surface area contributed by atoms with Crippen LogP contribution in [0.25, 0.3) is 0 Å². The molecule has 2 aliphatic rings. The van der Waals surface area contributed by atoms with Gasteiger partial charge in [0, 0.05) is 57.1 Å². The van der Waals surface area contributed by atoms with Crippen molar-refractivity contribution in [1.82, 2.24) is 25.0 Å². The molecule has 1 amide bonds. The highest BCUT2D eigenvalue weighted by atomic mass is 127. The first-order valence-corrected chi connectivity index (χ1v) is 11.4. The van der Waals surface area contributed by atoms with Crippen LogP contribution >= 0.6 is 35.3 Å². The van der Waals surface area contributed by atoms with Gasteiger partial charge in [0.25, 0.3) is 0 Å². The first kappa shape index (κ1) is 24.3. The van der Waals surface area contributed by atoms with Crippen molar-refractivity contribution in [1.29, 1.82) is 0 Å². The van der Waals surface area contributed by atoms with Gasteiger partial charge in [-0.2, -0.15) is 0 Å². The molecule has 9 heteroatoms. The van der Waals surface area contributed by atoms with E-state index in [2.05, 4.69) is 46.3 Å². The number of nitrogens with one attached hydrogen (secondary N) is 1. The van der Waals surface area contributed by atoms with E-state index in [0.29, 0.717) is 19.0 Å². The number of hydrogen-bond donors (Lipinski definition) is 1. The van der Waals surface area contributed by atoms with Crippen molar-refractivity contribution < 1.29 is 4.79 Å². The van der Waals surface area contributed by atoms with Crippen LogP contribution in [-0.2, 0) is 11.3 Å². The number of halogens is 1. The Morgan fingerprint density at radius 1 is 1.17 bits per heavy atom. The minimum atomic E-state index is 0. The lowest BCUT2D eigenvalue weighted by molar-refractivity contribution is -0.131. The molecular weight excluding hydrogens is 499 g/mol. The fourth-order valence-corrected chi connectivity index (χ4v) is 4.44. The minimum absolute atomic E-state index is 0. The average Bonchev–Trinajstić information content (AvgIpc) is 3.38. The molecular formula is C20H35IN6OS. The van der Waals surface area contributed by atoms with Crippen LogP contribution < -0.4 is 5.32 Å². The zero-order valence-corrected chi connectivity index (χ0v) is 21.0. The van der Waals surface area contributed by atoms with Crippen LogP contribution in [0, 0.1) is 0 Å². The number of hydrogen-bond acceptors (Lipinski definition) is 5. The number of rotatable bonds is 6. The molecule has 0 radical (unpaired) electrons. The van der Waals surface area contributed by atoms with Gasteiger partial charge < -0.3 is 15.1 Å². The molecule has 29 heavy (non-hydrogen) atoms. The predicted molar refractivity (Wildman–Crippen MR) is 130 cm³/mol. The number of nitrogens with zero attached hydrogens (tertiary/aromatic N) is 5. The molecule has 164 valence electrons. The normalized spacial score (nSPS) is 18.3. The first-order valence-electron chi connectivity index (χ1n) is 10.5. The molecule has 2 fully saturated rings. The summed E-state index contributed by atoms with van der Waals surface area (Å²) in [7, 11) is 0. The van der Waals surface area contributed by atoms with Crippen LogP contribution in [0.4, 0.5) is 0 Å². The molecule has 0 unspecified atom stereocenters. The van der Waals surface area contributed by atoms with Crippen molar-refractivity contribution in [2.45, 2.75) is 46.1 Å². The van der Waals surface area contributed by atoms with Crippen molar-refractivity contribution in [3.63, 3.8) is 0 Å². The maximum absolute atomic E-state index is 12.4. The molecule has 1 aromatic heterocycles. The van der Waals surface area contributed by atoms with E-state index in [1.165, 1.54) is 5.01 Å². The molecule has 0 saturated carbocycles. The van der Waals surface area contributed by atoms with Gasteiger partial charge in [-0.05, 0) is 19.8 Å². The number of carbonyl (C=O) groups is 1. The smallest absolute Gasteiger partial charge is 0.236 e. The summed E-state index contributed by atoms with van der Waals surface area (Å²) in [5, 5.41) is 6.70. The van der Waals surface area contributed by atoms with Crippen LogP contribution in [0.2, 0.25) is 0 Å². The summed E-state index contributed by atoms with van der Waals surface area (Å²) in [5.41, 5.74) is 1.04. The van der Waals surface area contributed by atoms with Crippen LogP contribution in [0.15, 0.2) is 10.4 Å². The summed E-state index contributed by atoms with van der Waals surface area (Å²) in [5.74, 6) is 1.70. The van der Waals surface area contributed by atoms with E-state index in [4.69, 9.17) is 4.99 Å². The molecule has 2 saturated heterocycles. The molecule has 1 aromatic rings. The van der Waals surface area contributed by atoms with Crippen molar-refractivity contribution in [3.8, 4) is 0 Å². The minimum Gasteiger partial charge on any atom is -0.357 e. The Morgan fingerprint density at radius 3 is 2.45 bits per heavy atom. The van der Waals surface area contributed by atoms with Gasteiger partial charge in [0.2, 0.25) is 5.91 Å². The lowest BCUT2D eigenvalue weighted by Gasteiger charge is -2.36. The van der Waals surface area contributed by atoms with Gasteiger partial charge in [0.05, 0.1) is 23.8 Å². The van der Waals surface area contributed by atoms with Crippen molar-refractivity contribution >= 4 is 47.2 Å². The van der Waals surface area contributed by atoms with Crippen LogP contribution in [-0.4, -0.2) is 83.9 Å². The van der Waals surface area contributed by atoms with Gasteiger partial charge in [0.15, 0.2) is 5.96 Å². The molecule has 0 bridgehead atoms. The number of likely N-dealkylation sites (tertiary alicyclic amines) is 1.